The lowest BCUT2D eigenvalue weighted by molar-refractivity contribution is 0.631. The Balaban J connectivity index is 2.41. The lowest BCUT2D eigenvalue weighted by Crippen LogP contribution is -2.39. The molecule has 0 atom stereocenters. The van der Waals surface area contributed by atoms with E-state index in [0.717, 1.165) is 10.1 Å². The molecule has 0 amide bonds. The molecule has 2 rings (SSSR count). The van der Waals surface area contributed by atoms with Gasteiger partial charge in [-0.05, 0) is 17.7 Å². The first-order valence-electron chi connectivity index (χ1n) is 6.03. The SMILES string of the molecule is Cn1c(SCc2ccc(Cl)cc2)c(C#N)c(=O)n(C)c1=O. The molecule has 5 nitrogen and oxygen atoms in total. The number of thioether (sulfide) groups is 1. The van der Waals surface area contributed by atoms with Gasteiger partial charge in [-0.3, -0.25) is 13.9 Å². The molecule has 0 N–H and O–H groups in total. The molecule has 0 aliphatic heterocycles. The van der Waals surface area contributed by atoms with E-state index in [0.29, 0.717) is 15.8 Å². The summed E-state index contributed by atoms with van der Waals surface area (Å²) < 4.78 is 2.26. The summed E-state index contributed by atoms with van der Waals surface area (Å²) in [5.74, 6) is 0.534. The van der Waals surface area contributed by atoms with Gasteiger partial charge in [0.2, 0.25) is 0 Å². The Labute approximate surface area is 130 Å². The summed E-state index contributed by atoms with van der Waals surface area (Å²) >= 11 is 7.10. The summed E-state index contributed by atoms with van der Waals surface area (Å²) in [6.45, 7) is 0. The predicted molar refractivity (Wildman–Crippen MR) is 82.7 cm³/mol. The van der Waals surface area contributed by atoms with Crippen LogP contribution >= 0.6 is 23.4 Å². The second kappa shape index (κ2) is 6.20. The number of hydrogen-bond donors (Lipinski definition) is 0. The van der Waals surface area contributed by atoms with E-state index in [4.69, 9.17) is 16.9 Å². The number of aromatic nitrogens is 2. The fourth-order valence-electron chi connectivity index (χ4n) is 1.82. The quantitative estimate of drug-likeness (QED) is 0.639. The predicted octanol–water partition coefficient (Wildman–Crippen LogP) is 1.90. The Kier molecular flexibility index (Phi) is 4.56. The highest BCUT2D eigenvalue weighted by Crippen LogP contribution is 2.23. The second-order valence-electron chi connectivity index (χ2n) is 4.41. The molecule has 7 heteroatoms. The number of halogens is 1. The zero-order valence-electron chi connectivity index (χ0n) is 11.5. The van der Waals surface area contributed by atoms with Crippen molar-refractivity contribution in [2.75, 3.05) is 0 Å². The molecule has 0 spiro atoms. The molecule has 2 aromatic rings. The van der Waals surface area contributed by atoms with Gasteiger partial charge in [0.05, 0.1) is 0 Å². The Morgan fingerprint density at radius 3 is 2.38 bits per heavy atom. The van der Waals surface area contributed by atoms with Crippen LogP contribution in [0.15, 0.2) is 38.9 Å². The van der Waals surface area contributed by atoms with E-state index in [9.17, 15) is 9.59 Å². The molecule has 108 valence electrons. The average molecular weight is 322 g/mol. The fraction of sp³-hybridized carbons (Fsp3) is 0.214. The third kappa shape index (κ3) is 3.04. The highest BCUT2D eigenvalue weighted by molar-refractivity contribution is 7.98. The van der Waals surface area contributed by atoms with Crippen molar-refractivity contribution >= 4 is 23.4 Å². The number of rotatable bonds is 3. The highest BCUT2D eigenvalue weighted by atomic mass is 35.5. The fourth-order valence-corrected chi connectivity index (χ4v) is 2.99. The van der Waals surface area contributed by atoms with E-state index in [2.05, 4.69) is 0 Å². The maximum absolute atomic E-state index is 11.9. The molecule has 1 heterocycles. The maximum Gasteiger partial charge on any atom is 0.331 e. The third-order valence-electron chi connectivity index (χ3n) is 3.01. The van der Waals surface area contributed by atoms with Gasteiger partial charge >= 0.3 is 5.69 Å². The molecule has 0 unspecified atom stereocenters. The summed E-state index contributed by atoms with van der Waals surface area (Å²) in [6.07, 6.45) is 0. The largest absolute Gasteiger partial charge is 0.331 e. The van der Waals surface area contributed by atoms with Crippen LogP contribution in [0.4, 0.5) is 0 Å². The third-order valence-corrected chi connectivity index (χ3v) is 4.49. The minimum absolute atomic E-state index is 0.0152. The van der Waals surface area contributed by atoms with Crippen LogP contribution in [0.2, 0.25) is 5.02 Å². The molecular weight excluding hydrogens is 310 g/mol. The van der Waals surface area contributed by atoms with E-state index in [1.54, 1.807) is 19.2 Å². The van der Waals surface area contributed by atoms with Gasteiger partial charge in [0.25, 0.3) is 5.56 Å². The molecule has 0 saturated heterocycles. The van der Waals surface area contributed by atoms with Gasteiger partial charge in [-0.1, -0.05) is 23.7 Å². The Morgan fingerprint density at radius 1 is 1.19 bits per heavy atom. The molecule has 0 bridgehead atoms. The molecule has 0 radical (unpaired) electrons. The zero-order valence-corrected chi connectivity index (χ0v) is 13.0. The van der Waals surface area contributed by atoms with Crippen LogP contribution in [0.1, 0.15) is 11.1 Å². The molecule has 1 aromatic carbocycles. The van der Waals surface area contributed by atoms with E-state index in [-0.39, 0.29) is 5.56 Å². The average Bonchev–Trinajstić information content (AvgIpc) is 2.49. The number of nitrogens with zero attached hydrogens (tertiary/aromatic N) is 3. The molecule has 0 aliphatic carbocycles. The van der Waals surface area contributed by atoms with Crippen molar-refractivity contribution in [3.8, 4) is 6.07 Å². The van der Waals surface area contributed by atoms with E-state index in [1.807, 2.05) is 18.2 Å². The zero-order chi connectivity index (χ0) is 15.6. The summed E-state index contributed by atoms with van der Waals surface area (Å²) in [5, 5.41) is 10.2. The first kappa shape index (κ1) is 15.4. The van der Waals surface area contributed by atoms with Crippen LogP contribution < -0.4 is 11.2 Å². The van der Waals surface area contributed by atoms with Crippen LogP contribution in [0.3, 0.4) is 0 Å². The van der Waals surface area contributed by atoms with Crippen molar-refractivity contribution in [3.05, 3.63) is 61.3 Å². The monoisotopic (exact) mass is 321 g/mol. The normalized spacial score (nSPS) is 10.4. The second-order valence-corrected chi connectivity index (χ2v) is 5.81. The van der Waals surface area contributed by atoms with Crippen molar-refractivity contribution in [3.63, 3.8) is 0 Å². The highest BCUT2D eigenvalue weighted by Gasteiger charge is 2.15. The van der Waals surface area contributed by atoms with Crippen molar-refractivity contribution in [1.82, 2.24) is 9.13 Å². The van der Waals surface area contributed by atoms with Crippen LogP contribution in [0.25, 0.3) is 0 Å². The molecule has 0 aliphatic rings. The van der Waals surface area contributed by atoms with Gasteiger partial charge in [-0.25, -0.2) is 4.79 Å². The maximum atomic E-state index is 11.9. The lowest BCUT2D eigenvalue weighted by atomic mass is 10.2. The van der Waals surface area contributed by atoms with Gasteiger partial charge < -0.3 is 0 Å². The number of hydrogen-bond acceptors (Lipinski definition) is 4. The standard InChI is InChI=1S/C14H12ClN3O2S/c1-17-12(19)11(7-16)13(18(2)14(17)20)21-8-9-3-5-10(15)6-4-9/h3-6H,8H2,1-2H3. The Morgan fingerprint density at radius 2 is 1.81 bits per heavy atom. The minimum Gasteiger partial charge on any atom is -0.290 e. The number of benzene rings is 1. The summed E-state index contributed by atoms with van der Waals surface area (Å²) in [7, 11) is 2.91. The van der Waals surface area contributed by atoms with Gasteiger partial charge in [0, 0.05) is 24.9 Å². The molecule has 21 heavy (non-hydrogen) atoms. The van der Waals surface area contributed by atoms with Crippen molar-refractivity contribution in [2.45, 2.75) is 10.8 Å². The van der Waals surface area contributed by atoms with Crippen molar-refractivity contribution in [1.29, 1.82) is 5.26 Å². The van der Waals surface area contributed by atoms with Crippen LogP contribution in [-0.2, 0) is 19.8 Å². The molecular formula is C14H12ClN3O2S. The van der Waals surface area contributed by atoms with Crippen LogP contribution in [0, 0.1) is 11.3 Å². The van der Waals surface area contributed by atoms with Crippen molar-refractivity contribution in [2.24, 2.45) is 14.1 Å². The van der Waals surface area contributed by atoms with E-state index in [1.165, 1.54) is 23.4 Å². The van der Waals surface area contributed by atoms with Crippen molar-refractivity contribution < 1.29 is 0 Å². The van der Waals surface area contributed by atoms with Gasteiger partial charge in [0.15, 0.2) is 0 Å². The minimum atomic E-state index is -0.570. The summed E-state index contributed by atoms with van der Waals surface area (Å²) in [6, 6.07) is 9.15. The molecule has 0 fully saturated rings. The van der Waals surface area contributed by atoms with E-state index >= 15 is 0 Å². The number of nitriles is 1. The summed E-state index contributed by atoms with van der Waals surface area (Å²) in [4.78, 5) is 23.9. The Bertz CT molecular complexity index is 832. The van der Waals surface area contributed by atoms with Gasteiger partial charge in [-0.2, -0.15) is 5.26 Å². The smallest absolute Gasteiger partial charge is 0.290 e. The van der Waals surface area contributed by atoms with Crippen LogP contribution in [0.5, 0.6) is 0 Å². The van der Waals surface area contributed by atoms with Crippen LogP contribution in [-0.4, -0.2) is 9.13 Å². The molecule has 0 saturated carbocycles. The van der Waals surface area contributed by atoms with E-state index < -0.39 is 11.2 Å². The lowest BCUT2D eigenvalue weighted by Gasteiger charge is -2.11. The van der Waals surface area contributed by atoms with Gasteiger partial charge in [0.1, 0.15) is 16.7 Å². The topological polar surface area (TPSA) is 67.8 Å². The first-order chi connectivity index (χ1) is 9.95. The summed E-state index contributed by atoms with van der Waals surface area (Å²) in [5.41, 5.74) is -0.0446. The first-order valence-corrected chi connectivity index (χ1v) is 7.39. The molecule has 1 aromatic heterocycles. The Hall–Kier alpha value is -1.97. The van der Waals surface area contributed by atoms with Gasteiger partial charge in [-0.15, -0.1) is 11.8 Å².